The van der Waals surface area contributed by atoms with Crippen LogP contribution in [-0.2, 0) is 4.79 Å². The van der Waals surface area contributed by atoms with Crippen molar-refractivity contribution >= 4 is 5.97 Å². The second-order valence-corrected chi connectivity index (χ2v) is 6.64. The largest absolute Gasteiger partial charge is 0.550 e. The molecule has 0 fully saturated rings. The van der Waals surface area contributed by atoms with E-state index in [1.54, 1.807) is 0 Å². The third-order valence-electron chi connectivity index (χ3n) is 4.24. The maximum absolute atomic E-state index is 10.3. The number of carbonyl (C=O) groups excluding carboxylic acids is 1. The first-order chi connectivity index (χ1) is 10.6. The SMILES string of the molecule is [CH2-]C(CCCCCCCC(=O)[O-])CC(O)CCCCCCC. The summed E-state index contributed by atoms with van der Waals surface area (Å²) in [5.41, 5.74) is 0. The number of carboxylic acids is 1. The highest BCUT2D eigenvalue weighted by molar-refractivity contribution is 5.63. The first-order valence-electron chi connectivity index (χ1n) is 9.27. The van der Waals surface area contributed by atoms with Crippen LogP contribution >= 0.6 is 0 Å². The average Bonchev–Trinajstić information content (AvgIpc) is 2.45. The van der Waals surface area contributed by atoms with Gasteiger partial charge < -0.3 is 21.9 Å². The fourth-order valence-corrected chi connectivity index (χ4v) is 2.84. The van der Waals surface area contributed by atoms with E-state index in [2.05, 4.69) is 13.8 Å². The van der Waals surface area contributed by atoms with Crippen LogP contribution in [0.2, 0.25) is 0 Å². The number of aliphatic hydroxyl groups excluding tert-OH is 1. The summed E-state index contributed by atoms with van der Waals surface area (Å²) in [6, 6.07) is 0. The number of unbranched alkanes of at least 4 members (excludes halogenated alkanes) is 8. The highest BCUT2D eigenvalue weighted by Crippen LogP contribution is 2.18. The lowest BCUT2D eigenvalue weighted by atomic mass is 9.94. The molecule has 0 aromatic rings. The summed E-state index contributed by atoms with van der Waals surface area (Å²) >= 11 is 0. The maximum atomic E-state index is 10.3. The van der Waals surface area contributed by atoms with Crippen LogP contribution in [0.1, 0.15) is 96.8 Å². The molecule has 0 bridgehead atoms. The molecule has 0 heterocycles. The van der Waals surface area contributed by atoms with E-state index in [0.29, 0.717) is 5.92 Å². The van der Waals surface area contributed by atoms with Gasteiger partial charge in [0.15, 0.2) is 0 Å². The van der Waals surface area contributed by atoms with Crippen LogP contribution in [0, 0.1) is 12.8 Å². The standard InChI is InChI=1S/C19H37O3/c1-3-4-5-7-11-14-18(20)16-17(2)13-10-8-6-9-12-15-19(21)22/h17-18,20H,2-16H2,1H3,(H,21,22)/q-1/p-1. The minimum atomic E-state index is -0.943. The molecule has 0 aliphatic rings. The van der Waals surface area contributed by atoms with E-state index in [4.69, 9.17) is 0 Å². The van der Waals surface area contributed by atoms with E-state index in [1.807, 2.05) is 0 Å². The summed E-state index contributed by atoms with van der Waals surface area (Å²) < 4.78 is 0. The van der Waals surface area contributed by atoms with Gasteiger partial charge in [0.25, 0.3) is 0 Å². The van der Waals surface area contributed by atoms with Gasteiger partial charge in [-0.3, -0.25) is 0 Å². The molecule has 0 amide bonds. The maximum Gasteiger partial charge on any atom is 0.0518 e. The summed E-state index contributed by atoms with van der Waals surface area (Å²) in [6.07, 6.45) is 14.0. The Morgan fingerprint density at radius 1 is 0.955 bits per heavy atom. The van der Waals surface area contributed by atoms with Gasteiger partial charge in [0.05, 0.1) is 6.10 Å². The van der Waals surface area contributed by atoms with Crippen molar-refractivity contribution in [3.63, 3.8) is 0 Å². The lowest BCUT2D eigenvalue weighted by Crippen LogP contribution is -2.21. The summed E-state index contributed by atoms with van der Waals surface area (Å²) in [4.78, 5) is 10.3. The lowest BCUT2D eigenvalue weighted by molar-refractivity contribution is -0.305. The van der Waals surface area contributed by atoms with Crippen LogP contribution in [0.3, 0.4) is 0 Å². The fourth-order valence-electron chi connectivity index (χ4n) is 2.84. The molecule has 1 N–H and O–H groups in total. The lowest BCUT2D eigenvalue weighted by Gasteiger charge is -2.21. The number of aliphatic carboxylic acids is 1. The van der Waals surface area contributed by atoms with Crippen LogP contribution in [0.5, 0.6) is 0 Å². The molecule has 132 valence electrons. The fraction of sp³-hybridized carbons (Fsp3) is 0.895. The number of rotatable bonds is 16. The molecule has 22 heavy (non-hydrogen) atoms. The quantitative estimate of drug-likeness (QED) is 0.346. The van der Waals surface area contributed by atoms with Gasteiger partial charge >= 0.3 is 0 Å². The van der Waals surface area contributed by atoms with Gasteiger partial charge in [-0.1, -0.05) is 77.6 Å². The Morgan fingerprint density at radius 2 is 1.50 bits per heavy atom. The van der Waals surface area contributed by atoms with Crippen LogP contribution in [0.4, 0.5) is 0 Å². The molecule has 0 aromatic carbocycles. The molecular formula is C19H36O3-2. The minimum Gasteiger partial charge on any atom is -0.550 e. The van der Waals surface area contributed by atoms with Crippen LogP contribution in [0.15, 0.2) is 0 Å². The van der Waals surface area contributed by atoms with E-state index in [0.717, 1.165) is 57.8 Å². The highest BCUT2D eigenvalue weighted by atomic mass is 16.4. The Balaban J connectivity index is 3.36. The van der Waals surface area contributed by atoms with E-state index in [1.165, 1.54) is 25.7 Å². The van der Waals surface area contributed by atoms with Crippen LogP contribution in [-0.4, -0.2) is 17.2 Å². The molecule has 2 atom stereocenters. The monoisotopic (exact) mass is 312 g/mol. The van der Waals surface area contributed by atoms with Crippen molar-refractivity contribution in [2.45, 2.75) is 103 Å². The van der Waals surface area contributed by atoms with Crippen molar-refractivity contribution in [2.75, 3.05) is 0 Å². The van der Waals surface area contributed by atoms with Gasteiger partial charge in [0.2, 0.25) is 0 Å². The Bertz CT molecular complexity index is 253. The molecule has 2 unspecified atom stereocenters. The van der Waals surface area contributed by atoms with E-state index in [9.17, 15) is 15.0 Å². The van der Waals surface area contributed by atoms with E-state index >= 15 is 0 Å². The Labute approximate surface area is 137 Å². The van der Waals surface area contributed by atoms with Crippen LogP contribution < -0.4 is 5.11 Å². The first-order valence-corrected chi connectivity index (χ1v) is 9.27. The number of aliphatic hydroxyl groups is 1. The zero-order chi connectivity index (χ0) is 16.6. The van der Waals surface area contributed by atoms with Crippen molar-refractivity contribution in [3.05, 3.63) is 6.92 Å². The molecule has 0 aromatic heterocycles. The molecule has 3 nitrogen and oxygen atoms in total. The molecule has 3 heteroatoms. The summed E-state index contributed by atoms with van der Waals surface area (Å²) in [6.45, 7) is 6.36. The summed E-state index contributed by atoms with van der Waals surface area (Å²) in [7, 11) is 0. The third kappa shape index (κ3) is 15.8. The minimum absolute atomic E-state index is 0.183. The van der Waals surface area contributed by atoms with Gasteiger partial charge in [0.1, 0.15) is 0 Å². The molecule has 0 saturated heterocycles. The van der Waals surface area contributed by atoms with Gasteiger partial charge in [-0.15, -0.1) is 0 Å². The molecule has 0 aliphatic heterocycles. The van der Waals surface area contributed by atoms with Crippen molar-refractivity contribution in [1.29, 1.82) is 0 Å². The van der Waals surface area contributed by atoms with Gasteiger partial charge in [-0.05, 0) is 19.3 Å². The van der Waals surface area contributed by atoms with Crippen molar-refractivity contribution in [2.24, 2.45) is 5.92 Å². The van der Waals surface area contributed by atoms with Crippen LogP contribution in [0.25, 0.3) is 0 Å². The summed E-state index contributed by atoms with van der Waals surface area (Å²) in [5.74, 6) is -0.602. The zero-order valence-electron chi connectivity index (χ0n) is 14.5. The topological polar surface area (TPSA) is 60.4 Å². The smallest absolute Gasteiger partial charge is 0.0518 e. The summed E-state index contributed by atoms with van der Waals surface area (Å²) in [5, 5.41) is 20.3. The second-order valence-electron chi connectivity index (χ2n) is 6.64. The zero-order valence-corrected chi connectivity index (χ0v) is 14.5. The number of hydrogen-bond acceptors (Lipinski definition) is 3. The molecular weight excluding hydrogens is 276 g/mol. The third-order valence-corrected chi connectivity index (χ3v) is 4.24. The number of carbonyl (C=O) groups is 1. The first kappa shape index (κ1) is 21.4. The Kier molecular flexibility index (Phi) is 14.9. The van der Waals surface area contributed by atoms with E-state index < -0.39 is 5.97 Å². The van der Waals surface area contributed by atoms with Crippen molar-refractivity contribution in [3.8, 4) is 0 Å². The highest BCUT2D eigenvalue weighted by Gasteiger charge is 2.06. The Morgan fingerprint density at radius 3 is 2.14 bits per heavy atom. The number of hydrogen-bond donors (Lipinski definition) is 1. The van der Waals surface area contributed by atoms with E-state index in [-0.39, 0.29) is 12.5 Å². The average molecular weight is 312 g/mol. The molecule has 0 saturated carbocycles. The van der Waals surface area contributed by atoms with Gasteiger partial charge in [-0.25, -0.2) is 0 Å². The second kappa shape index (κ2) is 15.3. The van der Waals surface area contributed by atoms with Gasteiger partial charge in [-0.2, -0.15) is 5.92 Å². The van der Waals surface area contributed by atoms with Gasteiger partial charge in [0, 0.05) is 5.97 Å². The number of carboxylic acid groups (broad SMARTS) is 1. The molecule has 0 radical (unpaired) electrons. The normalized spacial score (nSPS) is 14.0. The van der Waals surface area contributed by atoms with Crippen molar-refractivity contribution < 1.29 is 15.0 Å². The molecule has 0 aliphatic carbocycles. The predicted molar refractivity (Wildman–Crippen MR) is 90.2 cm³/mol. The van der Waals surface area contributed by atoms with Crippen molar-refractivity contribution in [1.82, 2.24) is 0 Å². The molecule has 0 spiro atoms. The molecule has 0 rings (SSSR count). The Hall–Kier alpha value is -0.570. The predicted octanol–water partition coefficient (Wildman–Crippen LogP) is 4.03.